The lowest BCUT2D eigenvalue weighted by Gasteiger charge is -2.12. The summed E-state index contributed by atoms with van der Waals surface area (Å²) in [7, 11) is 5.22. The standard InChI is InChI=1S/C19H22ClN3O2/c1-21-12-19-22-15-11-14(20)5-6-16(15)23(19)9-8-13-4-7-17(24-2)18(10-13)25-3/h4-7,10-11,21H,8-9,12H2,1-3H3. The highest BCUT2D eigenvalue weighted by atomic mass is 35.5. The van der Waals surface area contributed by atoms with Gasteiger partial charge in [-0.05, 0) is 49.4 Å². The molecule has 6 heteroatoms. The van der Waals surface area contributed by atoms with Crippen LogP contribution in [0.5, 0.6) is 11.5 Å². The first-order chi connectivity index (χ1) is 12.2. The van der Waals surface area contributed by atoms with E-state index in [9.17, 15) is 0 Å². The fourth-order valence-corrected chi connectivity index (χ4v) is 3.14. The van der Waals surface area contributed by atoms with Gasteiger partial charge in [-0.3, -0.25) is 0 Å². The molecule has 0 aliphatic carbocycles. The zero-order chi connectivity index (χ0) is 17.8. The number of methoxy groups -OCH3 is 2. The van der Waals surface area contributed by atoms with Gasteiger partial charge >= 0.3 is 0 Å². The molecule has 0 amide bonds. The Morgan fingerprint density at radius 2 is 1.88 bits per heavy atom. The Labute approximate surface area is 152 Å². The summed E-state index contributed by atoms with van der Waals surface area (Å²) in [6.07, 6.45) is 0.866. The maximum atomic E-state index is 6.10. The molecule has 0 saturated heterocycles. The number of ether oxygens (including phenoxy) is 2. The number of fused-ring (bicyclic) bond motifs is 1. The fourth-order valence-electron chi connectivity index (χ4n) is 2.97. The molecule has 5 nitrogen and oxygen atoms in total. The third-order valence-corrected chi connectivity index (χ3v) is 4.43. The first-order valence-electron chi connectivity index (χ1n) is 8.16. The van der Waals surface area contributed by atoms with Crippen molar-refractivity contribution >= 4 is 22.6 Å². The van der Waals surface area contributed by atoms with Gasteiger partial charge in [-0.1, -0.05) is 17.7 Å². The summed E-state index contributed by atoms with van der Waals surface area (Å²) in [6.45, 7) is 1.53. The topological polar surface area (TPSA) is 48.3 Å². The van der Waals surface area contributed by atoms with E-state index in [4.69, 9.17) is 26.1 Å². The van der Waals surface area contributed by atoms with Gasteiger partial charge in [0.2, 0.25) is 0 Å². The molecule has 3 aromatic rings. The molecule has 0 radical (unpaired) electrons. The summed E-state index contributed by atoms with van der Waals surface area (Å²) in [5.41, 5.74) is 3.20. The SMILES string of the molecule is CNCc1nc2cc(Cl)ccc2n1CCc1ccc(OC)c(OC)c1. The van der Waals surface area contributed by atoms with Gasteiger partial charge in [-0.2, -0.15) is 0 Å². The van der Waals surface area contributed by atoms with Crippen molar-refractivity contribution < 1.29 is 9.47 Å². The molecule has 0 atom stereocenters. The molecule has 0 unspecified atom stereocenters. The van der Waals surface area contributed by atoms with E-state index in [0.29, 0.717) is 11.6 Å². The molecular formula is C19H22ClN3O2. The number of hydrogen-bond donors (Lipinski definition) is 1. The number of benzene rings is 2. The number of nitrogens with one attached hydrogen (secondary N) is 1. The molecule has 0 bridgehead atoms. The van der Waals surface area contributed by atoms with Crippen molar-refractivity contribution in [2.24, 2.45) is 0 Å². The van der Waals surface area contributed by atoms with Crippen LogP contribution in [0.3, 0.4) is 0 Å². The number of imidazole rings is 1. The third kappa shape index (κ3) is 3.72. The summed E-state index contributed by atoms with van der Waals surface area (Å²) in [5, 5.41) is 3.88. The fraction of sp³-hybridized carbons (Fsp3) is 0.316. The first-order valence-corrected chi connectivity index (χ1v) is 8.54. The Morgan fingerprint density at radius 1 is 1.08 bits per heavy atom. The van der Waals surface area contributed by atoms with E-state index in [2.05, 4.69) is 16.0 Å². The van der Waals surface area contributed by atoms with Crippen LogP contribution in [0, 0.1) is 0 Å². The minimum Gasteiger partial charge on any atom is -0.493 e. The van der Waals surface area contributed by atoms with Crippen LogP contribution in [0.4, 0.5) is 0 Å². The van der Waals surface area contributed by atoms with Crippen LogP contribution < -0.4 is 14.8 Å². The van der Waals surface area contributed by atoms with Crippen molar-refractivity contribution in [2.75, 3.05) is 21.3 Å². The highest BCUT2D eigenvalue weighted by Crippen LogP contribution is 2.28. The van der Waals surface area contributed by atoms with Gasteiger partial charge in [-0.15, -0.1) is 0 Å². The van der Waals surface area contributed by atoms with Crippen molar-refractivity contribution in [1.82, 2.24) is 14.9 Å². The second kappa shape index (κ2) is 7.76. The molecular weight excluding hydrogens is 338 g/mol. The van der Waals surface area contributed by atoms with Crippen LogP contribution in [0.15, 0.2) is 36.4 Å². The second-order valence-electron chi connectivity index (χ2n) is 5.78. The molecule has 1 N–H and O–H groups in total. The number of aromatic nitrogens is 2. The molecule has 1 aromatic heterocycles. The minimum absolute atomic E-state index is 0.702. The Kier molecular flexibility index (Phi) is 5.46. The zero-order valence-electron chi connectivity index (χ0n) is 14.7. The molecule has 1 heterocycles. The number of nitrogens with zero attached hydrogens (tertiary/aromatic N) is 2. The molecule has 0 saturated carbocycles. The van der Waals surface area contributed by atoms with E-state index in [-0.39, 0.29) is 0 Å². The highest BCUT2D eigenvalue weighted by Gasteiger charge is 2.11. The van der Waals surface area contributed by atoms with Gasteiger partial charge in [0.15, 0.2) is 11.5 Å². The molecule has 0 aliphatic rings. The summed E-state index contributed by atoms with van der Waals surface area (Å²) in [5.74, 6) is 2.49. The van der Waals surface area contributed by atoms with Crippen molar-refractivity contribution in [3.8, 4) is 11.5 Å². The van der Waals surface area contributed by atoms with E-state index >= 15 is 0 Å². The maximum absolute atomic E-state index is 6.10. The monoisotopic (exact) mass is 359 g/mol. The highest BCUT2D eigenvalue weighted by molar-refractivity contribution is 6.31. The molecule has 0 aliphatic heterocycles. The Bertz CT molecular complexity index is 876. The number of halogens is 1. The molecule has 3 rings (SSSR count). The zero-order valence-corrected chi connectivity index (χ0v) is 15.4. The number of rotatable bonds is 7. The first kappa shape index (κ1) is 17.6. The predicted molar refractivity (Wildman–Crippen MR) is 101 cm³/mol. The van der Waals surface area contributed by atoms with Crippen LogP contribution >= 0.6 is 11.6 Å². The van der Waals surface area contributed by atoms with Crippen molar-refractivity contribution in [3.05, 3.63) is 52.8 Å². The van der Waals surface area contributed by atoms with Crippen LogP contribution in [-0.4, -0.2) is 30.8 Å². The van der Waals surface area contributed by atoms with Crippen molar-refractivity contribution in [1.29, 1.82) is 0 Å². The summed E-state index contributed by atoms with van der Waals surface area (Å²) in [4.78, 5) is 4.71. The average molecular weight is 360 g/mol. The van der Waals surface area contributed by atoms with Gasteiger partial charge in [0.05, 0.1) is 31.8 Å². The Morgan fingerprint density at radius 3 is 2.60 bits per heavy atom. The molecule has 132 valence electrons. The Balaban J connectivity index is 1.88. The largest absolute Gasteiger partial charge is 0.493 e. The van der Waals surface area contributed by atoms with Gasteiger partial charge in [0.25, 0.3) is 0 Å². The van der Waals surface area contributed by atoms with Gasteiger partial charge in [-0.25, -0.2) is 4.98 Å². The molecule has 0 spiro atoms. The van der Waals surface area contributed by atoms with Gasteiger partial charge in [0.1, 0.15) is 5.82 Å². The molecule has 0 fully saturated rings. The smallest absolute Gasteiger partial charge is 0.160 e. The van der Waals surface area contributed by atoms with E-state index < -0.39 is 0 Å². The van der Waals surface area contributed by atoms with Gasteiger partial charge < -0.3 is 19.4 Å². The van der Waals surface area contributed by atoms with Crippen molar-refractivity contribution in [3.63, 3.8) is 0 Å². The van der Waals surface area contributed by atoms with Crippen LogP contribution in [0.2, 0.25) is 5.02 Å². The summed E-state index contributed by atoms with van der Waals surface area (Å²) < 4.78 is 12.9. The summed E-state index contributed by atoms with van der Waals surface area (Å²) >= 11 is 6.10. The second-order valence-corrected chi connectivity index (χ2v) is 6.22. The lowest BCUT2D eigenvalue weighted by atomic mass is 10.1. The van der Waals surface area contributed by atoms with Crippen LogP contribution in [0.1, 0.15) is 11.4 Å². The number of hydrogen-bond acceptors (Lipinski definition) is 4. The number of aryl methyl sites for hydroxylation is 2. The van der Waals surface area contributed by atoms with E-state index in [1.807, 2.05) is 37.4 Å². The van der Waals surface area contributed by atoms with Crippen LogP contribution in [-0.2, 0) is 19.5 Å². The quantitative estimate of drug-likeness (QED) is 0.699. The lowest BCUT2D eigenvalue weighted by Crippen LogP contribution is -2.13. The lowest BCUT2D eigenvalue weighted by molar-refractivity contribution is 0.354. The molecule has 25 heavy (non-hydrogen) atoms. The van der Waals surface area contributed by atoms with E-state index in [1.54, 1.807) is 14.2 Å². The van der Waals surface area contributed by atoms with Crippen LogP contribution in [0.25, 0.3) is 11.0 Å². The molecule has 2 aromatic carbocycles. The van der Waals surface area contributed by atoms with E-state index in [0.717, 1.165) is 41.3 Å². The van der Waals surface area contributed by atoms with Gasteiger partial charge in [0, 0.05) is 11.6 Å². The van der Waals surface area contributed by atoms with E-state index in [1.165, 1.54) is 5.56 Å². The Hall–Kier alpha value is -2.24. The average Bonchev–Trinajstić information content (AvgIpc) is 2.96. The minimum atomic E-state index is 0.702. The predicted octanol–water partition coefficient (Wildman–Crippen LogP) is 3.67. The third-order valence-electron chi connectivity index (χ3n) is 4.20. The van der Waals surface area contributed by atoms with Crippen molar-refractivity contribution in [2.45, 2.75) is 19.5 Å². The normalized spacial score (nSPS) is 11.0. The maximum Gasteiger partial charge on any atom is 0.160 e. The summed E-state index contributed by atoms with van der Waals surface area (Å²) in [6, 6.07) is 11.9.